The van der Waals surface area contributed by atoms with Crippen LogP contribution in [0, 0.1) is 11.2 Å². The molecule has 0 radical (unpaired) electrons. The number of pyridine rings is 1. The first kappa shape index (κ1) is 15.5. The van der Waals surface area contributed by atoms with E-state index in [-0.39, 0.29) is 11.4 Å². The van der Waals surface area contributed by atoms with Gasteiger partial charge in [-0.3, -0.25) is 0 Å². The average molecular weight is 323 g/mol. The topological polar surface area (TPSA) is 92.2 Å². The van der Waals surface area contributed by atoms with Gasteiger partial charge in [-0.2, -0.15) is 0 Å². The van der Waals surface area contributed by atoms with Crippen molar-refractivity contribution in [2.75, 3.05) is 5.73 Å². The molecule has 3 rings (SSSR count). The number of anilines is 1. The van der Waals surface area contributed by atoms with Gasteiger partial charge >= 0.3 is 0 Å². The number of hydrogen-bond donors (Lipinski definition) is 3. The second-order valence-electron chi connectivity index (χ2n) is 5.04. The third-order valence-electron chi connectivity index (χ3n) is 3.41. The minimum Gasteiger partial charge on any atom is -0.505 e. The van der Waals surface area contributed by atoms with Crippen LogP contribution in [-0.4, -0.2) is 16.3 Å². The van der Waals surface area contributed by atoms with Crippen LogP contribution in [0.2, 0.25) is 0 Å². The van der Waals surface area contributed by atoms with E-state index >= 15 is 0 Å². The number of phenolic OH excluding ortho intramolecular Hbond substituents is 1. The predicted molar refractivity (Wildman–Crippen MR) is 90.1 cm³/mol. The monoisotopic (exact) mass is 323 g/mol. The highest BCUT2D eigenvalue weighted by Gasteiger charge is 2.11. The molecule has 0 saturated heterocycles. The second-order valence-corrected chi connectivity index (χ2v) is 5.04. The number of nitrogens with two attached hydrogens (primary N) is 1. The zero-order valence-corrected chi connectivity index (χ0v) is 12.5. The highest BCUT2D eigenvalue weighted by atomic mass is 19.1. The van der Waals surface area contributed by atoms with Crippen LogP contribution < -0.4 is 10.5 Å². The molecule has 4 N–H and O–H groups in total. The molecule has 1 heterocycles. The lowest BCUT2D eigenvalue weighted by Crippen LogP contribution is -1.95. The van der Waals surface area contributed by atoms with Crippen molar-refractivity contribution < 1.29 is 14.2 Å². The van der Waals surface area contributed by atoms with Crippen LogP contribution in [-0.2, 0) is 0 Å². The van der Waals surface area contributed by atoms with Crippen LogP contribution in [0.25, 0.3) is 11.3 Å². The molecule has 24 heavy (non-hydrogen) atoms. The molecular weight excluding hydrogens is 309 g/mol. The minimum absolute atomic E-state index is 0.180. The normalized spacial score (nSPS) is 10.4. The molecule has 120 valence electrons. The van der Waals surface area contributed by atoms with E-state index < -0.39 is 11.6 Å². The van der Waals surface area contributed by atoms with Gasteiger partial charge in [-0.1, -0.05) is 12.1 Å². The fourth-order valence-electron chi connectivity index (χ4n) is 2.21. The first-order valence-electron chi connectivity index (χ1n) is 7.11. The van der Waals surface area contributed by atoms with Crippen LogP contribution in [0.3, 0.4) is 0 Å². The minimum atomic E-state index is -0.735. The molecule has 0 fully saturated rings. The Bertz CT molecular complexity index is 913. The number of ether oxygens (including phenoxy) is 1. The largest absolute Gasteiger partial charge is 0.505 e. The quantitative estimate of drug-likeness (QED) is 0.500. The van der Waals surface area contributed by atoms with E-state index in [0.717, 1.165) is 6.21 Å². The first-order valence-corrected chi connectivity index (χ1v) is 7.11. The molecule has 0 atom stereocenters. The molecular formula is C18H14FN3O2. The van der Waals surface area contributed by atoms with Gasteiger partial charge in [-0.25, -0.2) is 9.37 Å². The van der Waals surface area contributed by atoms with Gasteiger partial charge < -0.3 is 21.0 Å². The predicted octanol–water partition coefficient (Wildman–Crippen LogP) is 3.97. The standard InChI is InChI=1S/C18H14FN3O2/c19-18-13(3-1-5-16(18)23)15-4-2-6-17(22-15)24-12-8-7-11(10-20)14(21)9-12/h1-10,20,23H,21H2. The summed E-state index contributed by atoms with van der Waals surface area (Å²) in [5.74, 6) is -0.450. The van der Waals surface area contributed by atoms with E-state index in [2.05, 4.69) is 4.98 Å². The molecule has 0 aliphatic heterocycles. The molecule has 0 spiro atoms. The van der Waals surface area contributed by atoms with E-state index in [1.165, 1.54) is 12.1 Å². The molecule has 2 aromatic carbocycles. The van der Waals surface area contributed by atoms with Gasteiger partial charge in [0.25, 0.3) is 0 Å². The SMILES string of the molecule is N=Cc1ccc(Oc2cccc(-c3cccc(O)c3F)n2)cc1N. The Kier molecular flexibility index (Phi) is 4.11. The number of nitrogens with one attached hydrogen (secondary N) is 1. The number of phenols is 1. The molecule has 0 amide bonds. The number of benzene rings is 2. The van der Waals surface area contributed by atoms with Crippen molar-refractivity contribution in [2.24, 2.45) is 0 Å². The van der Waals surface area contributed by atoms with Crippen molar-refractivity contribution in [1.29, 1.82) is 5.41 Å². The number of nitrogens with zero attached hydrogens (tertiary/aromatic N) is 1. The van der Waals surface area contributed by atoms with Crippen molar-refractivity contribution in [3.8, 4) is 28.6 Å². The third kappa shape index (κ3) is 3.03. The summed E-state index contributed by atoms with van der Waals surface area (Å²) in [6.45, 7) is 0. The van der Waals surface area contributed by atoms with Gasteiger partial charge in [-0.05, 0) is 30.3 Å². The van der Waals surface area contributed by atoms with Gasteiger partial charge in [0.15, 0.2) is 11.6 Å². The lowest BCUT2D eigenvalue weighted by Gasteiger charge is -2.09. The lowest BCUT2D eigenvalue weighted by molar-refractivity contribution is 0.433. The fraction of sp³-hybridized carbons (Fsp3) is 0. The van der Waals surface area contributed by atoms with Crippen molar-refractivity contribution in [3.63, 3.8) is 0 Å². The Balaban J connectivity index is 1.92. The van der Waals surface area contributed by atoms with Crippen molar-refractivity contribution >= 4 is 11.9 Å². The number of aromatic hydroxyl groups is 1. The van der Waals surface area contributed by atoms with Crippen LogP contribution in [0.15, 0.2) is 54.6 Å². The zero-order valence-electron chi connectivity index (χ0n) is 12.5. The molecule has 0 saturated carbocycles. The summed E-state index contributed by atoms with van der Waals surface area (Å²) in [5.41, 5.74) is 7.33. The summed E-state index contributed by atoms with van der Waals surface area (Å²) < 4.78 is 19.7. The molecule has 6 heteroatoms. The molecule has 0 unspecified atom stereocenters. The maximum Gasteiger partial charge on any atom is 0.219 e. The lowest BCUT2D eigenvalue weighted by atomic mass is 10.1. The van der Waals surface area contributed by atoms with E-state index in [0.29, 0.717) is 22.7 Å². The van der Waals surface area contributed by atoms with E-state index in [4.69, 9.17) is 15.9 Å². The molecule has 0 bridgehead atoms. The smallest absolute Gasteiger partial charge is 0.219 e. The van der Waals surface area contributed by atoms with Crippen LogP contribution in [0.1, 0.15) is 5.56 Å². The zero-order chi connectivity index (χ0) is 17.1. The Labute approximate surface area is 137 Å². The highest BCUT2D eigenvalue weighted by molar-refractivity contribution is 5.85. The van der Waals surface area contributed by atoms with Gasteiger partial charge in [-0.15, -0.1) is 0 Å². The highest BCUT2D eigenvalue weighted by Crippen LogP contribution is 2.29. The summed E-state index contributed by atoms with van der Waals surface area (Å²) in [6.07, 6.45) is 1.16. The number of hydrogen-bond acceptors (Lipinski definition) is 5. The fourth-order valence-corrected chi connectivity index (χ4v) is 2.21. The number of halogens is 1. The summed E-state index contributed by atoms with van der Waals surface area (Å²) in [7, 11) is 0. The third-order valence-corrected chi connectivity index (χ3v) is 3.41. The van der Waals surface area contributed by atoms with Crippen LogP contribution in [0.4, 0.5) is 10.1 Å². The van der Waals surface area contributed by atoms with Crippen LogP contribution in [0.5, 0.6) is 17.4 Å². The number of aromatic nitrogens is 1. The second kappa shape index (κ2) is 6.37. The van der Waals surface area contributed by atoms with Gasteiger partial charge in [0.1, 0.15) is 5.75 Å². The van der Waals surface area contributed by atoms with Crippen LogP contribution >= 0.6 is 0 Å². The molecule has 0 aliphatic carbocycles. The maximum atomic E-state index is 14.0. The van der Waals surface area contributed by atoms with Crippen molar-refractivity contribution in [1.82, 2.24) is 4.98 Å². The molecule has 5 nitrogen and oxygen atoms in total. The van der Waals surface area contributed by atoms with E-state index in [1.54, 1.807) is 42.5 Å². The molecule has 1 aromatic heterocycles. The summed E-state index contributed by atoms with van der Waals surface area (Å²) in [5, 5.41) is 16.7. The van der Waals surface area contributed by atoms with Crippen molar-refractivity contribution in [2.45, 2.75) is 0 Å². The van der Waals surface area contributed by atoms with Gasteiger partial charge in [0.2, 0.25) is 5.88 Å². The number of rotatable bonds is 4. The first-order chi connectivity index (χ1) is 11.6. The Hall–Kier alpha value is -3.41. The molecule has 0 aliphatic rings. The molecule has 3 aromatic rings. The summed E-state index contributed by atoms with van der Waals surface area (Å²) >= 11 is 0. The Morgan fingerprint density at radius 2 is 1.92 bits per heavy atom. The average Bonchev–Trinajstić information content (AvgIpc) is 2.58. The summed E-state index contributed by atoms with van der Waals surface area (Å²) in [6, 6.07) is 14.2. The van der Waals surface area contributed by atoms with E-state index in [9.17, 15) is 9.50 Å². The summed E-state index contributed by atoms with van der Waals surface area (Å²) in [4.78, 5) is 4.25. The van der Waals surface area contributed by atoms with Crippen molar-refractivity contribution in [3.05, 3.63) is 66.0 Å². The van der Waals surface area contributed by atoms with E-state index in [1.807, 2.05) is 0 Å². The van der Waals surface area contributed by atoms with Gasteiger partial charge in [0, 0.05) is 35.2 Å². The maximum absolute atomic E-state index is 14.0. The van der Waals surface area contributed by atoms with Gasteiger partial charge in [0.05, 0.1) is 5.69 Å². The Morgan fingerprint density at radius 3 is 2.67 bits per heavy atom. The Morgan fingerprint density at radius 1 is 1.12 bits per heavy atom. The number of nitrogen functional groups attached to an aromatic ring is 1.